The molecule has 0 saturated carbocycles. The lowest BCUT2D eigenvalue weighted by molar-refractivity contribution is 0.788. The molecule has 110 valence electrons. The SMILES string of the molecule is C=CCn1c(-c2ccccc2)c(-c2ccccc2)s/c1=N\N. The Morgan fingerprint density at radius 1 is 1.00 bits per heavy atom. The first kappa shape index (κ1) is 14.4. The van der Waals surface area contributed by atoms with E-state index in [1.807, 2.05) is 42.5 Å². The molecular weight excluding hydrogens is 290 g/mol. The van der Waals surface area contributed by atoms with Crippen molar-refractivity contribution in [1.82, 2.24) is 4.57 Å². The summed E-state index contributed by atoms with van der Waals surface area (Å²) in [5.41, 5.74) is 3.44. The van der Waals surface area contributed by atoms with Crippen LogP contribution < -0.4 is 10.6 Å². The molecule has 3 nitrogen and oxygen atoms in total. The van der Waals surface area contributed by atoms with Gasteiger partial charge in [0, 0.05) is 6.54 Å². The maximum atomic E-state index is 5.60. The first-order chi connectivity index (χ1) is 10.8. The van der Waals surface area contributed by atoms with E-state index in [1.165, 1.54) is 5.56 Å². The van der Waals surface area contributed by atoms with E-state index in [0.717, 1.165) is 20.9 Å². The highest BCUT2D eigenvalue weighted by molar-refractivity contribution is 7.13. The van der Waals surface area contributed by atoms with E-state index in [4.69, 9.17) is 5.84 Å². The fourth-order valence-corrected chi connectivity index (χ4v) is 3.57. The van der Waals surface area contributed by atoms with Crippen molar-refractivity contribution in [3.8, 4) is 21.7 Å². The lowest BCUT2D eigenvalue weighted by atomic mass is 10.1. The minimum atomic E-state index is 0.670. The summed E-state index contributed by atoms with van der Waals surface area (Å²) in [6.07, 6.45) is 1.86. The fourth-order valence-electron chi connectivity index (χ4n) is 2.48. The lowest BCUT2D eigenvalue weighted by Gasteiger charge is -2.09. The summed E-state index contributed by atoms with van der Waals surface area (Å²) in [4.78, 5) is 1.95. The minimum Gasteiger partial charge on any atom is -0.320 e. The quantitative estimate of drug-likeness (QED) is 0.444. The van der Waals surface area contributed by atoms with E-state index in [2.05, 4.69) is 40.5 Å². The van der Waals surface area contributed by atoms with Gasteiger partial charge >= 0.3 is 0 Å². The van der Waals surface area contributed by atoms with Crippen molar-refractivity contribution in [3.05, 3.63) is 78.1 Å². The van der Waals surface area contributed by atoms with Gasteiger partial charge in [-0.05, 0) is 11.1 Å². The third-order valence-corrected chi connectivity index (χ3v) is 4.56. The number of nitrogens with two attached hydrogens (primary N) is 1. The molecule has 2 aromatic carbocycles. The molecule has 0 aliphatic carbocycles. The Balaban J connectivity index is 2.33. The van der Waals surface area contributed by atoms with Crippen molar-refractivity contribution < 1.29 is 0 Å². The van der Waals surface area contributed by atoms with Crippen LogP contribution in [0.25, 0.3) is 21.7 Å². The predicted octanol–water partition coefficient (Wildman–Crippen LogP) is 3.84. The molecule has 0 bridgehead atoms. The van der Waals surface area contributed by atoms with Gasteiger partial charge in [-0.1, -0.05) is 78.1 Å². The van der Waals surface area contributed by atoms with Crippen LogP contribution in [0.3, 0.4) is 0 Å². The molecule has 0 amide bonds. The average Bonchev–Trinajstić information content (AvgIpc) is 2.95. The molecule has 22 heavy (non-hydrogen) atoms. The van der Waals surface area contributed by atoms with Gasteiger partial charge in [0.1, 0.15) is 0 Å². The van der Waals surface area contributed by atoms with E-state index >= 15 is 0 Å². The van der Waals surface area contributed by atoms with Gasteiger partial charge < -0.3 is 10.4 Å². The van der Waals surface area contributed by atoms with Gasteiger partial charge in [-0.2, -0.15) is 5.10 Å². The van der Waals surface area contributed by atoms with Crippen molar-refractivity contribution in [2.75, 3.05) is 0 Å². The number of benzene rings is 2. The second kappa shape index (κ2) is 6.45. The van der Waals surface area contributed by atoms with Crippen LogP contribution in [0, 0.1) is 0 Å². The number of thiazole rings is 1. The van der Waals surface area contributed by atoms with E-state index < -0.39 is 0 Å². The third kappa shape index (κ3) is 2.61. The normalized spacial score (nSPS) is 11.5. The summed E-state index contributed by atoms with van der Waals surface area (Å²) in [5.74, 6) is 5.60. The monoisotopic (exact) mass is 307 g/mol. The summed E-state index contributed by atoms with van der Waals surface area (Å²) in [6.45, 7) is 4.52. The molecule has 0 unspecified atom stereocenters. The molecule has 0 fully saturated rings. The topological polar surface area (TPSA) is 43.3 Å². The van der Waals surface area contributed by atoms with E-state index in [0.29, 0.717) is 6.54 Å². The molecule has 0 aliphatic rings. The van der Waals surface area contributed by atoms with Crippen LogP contribution in [0.4, 0.5) is 0 Å². The summed E-state index contributed by atoms with van der Waals surface area (Å²) in [5, 5.41) is 3.96. The molecule has 0 radical (unpaired) electrons. The molecule has 3 aromatic rings. The second-order valence-corrected chi connectivity index (χ2v) is 5.80. The van der Waals surface area contributed by atoms with Crippen molar-refractivity contribution in [3.63, 3.8) is 0 Å². The zero-order valence-electron chi connectivity index (χ0n) is 12.1. The molecule has 2 N–H and O–H groups in total. The van der Waals surface area contributed by atoms with E-state index in [1.54, 1.807) is 11.3 Å². The Bertz CT molecular complexity index is 830. The fraction of sp³-hybridized carbons (Fsp3) is 0.0556. The van der Waals surface area contributed by atoms with Gasteiger partial charge in [0.15, 0.2) is 0 Å². The number of allylic oxidation sites excluding steroid dienone is 1. The lowest BCUT2D eigenvalue weighted by Crippen LogP contribution is -2.16. The van der Waals surface area contributed by atoms with Crippen LogP contribution in [0.15, 0.2) is 78.4 Å². The van der Waals surface area contributed by atoms with E-state index in [-0.39, 0.29) is 0 Å². The smallest absolute Gasteiger partial charge is 0.208 e. The molecule has 0 aliphatic heterocycles. The number of hydrogen-bond donors (Lipinski definition) is 1. The zero-order chi connectivity index (χ0) is 15.4. The van der Waals surface area contributed by atoms with Gasteiger partial charge in [-0.15, -0.1) is 6.58 Å². The Kier molecular flexibility index (Phi) is 4.21. The number of nitrogens with zero attached hydrogens (tertiary/aromatic N) is 2. The van der Waals surface area contributed by atoms with Gasteiger partial charge in [-0.3, -0.25) is 0 Å². The van der Waals surface area contributed by atoms with E-state index in [9.17, 15) is 0 Å². The highest BCUT2D eigenvalue weighted by atomic mass is 32.1. The first-order valence-electron chi connectivity index (χ1n) is 7.04. The number of rotatable bonds is 4. The van der Waals surface area contributed by atoms with Crippen LogP contribution in [0.2, 0.25) is 0 Å². The van der Waals surface area contributed by atoms with Gasteiger partial charge in [0.2, 0.25) is 4.80 Å². The molecule has 0 spiro atoms. The molecule has 1 aromatic heterocycles. The number of hydrogen-bond acceptors (Lipinski definition) is 3. The largest absolute Gasteiger partial charge is 0.320 e. The van der Waals surface area contributed by atoms with Crippen LogP contribution in [-0.2, 0) is 6.54 Å². The highest BCUT2D eigenvalue weighted by Gasteiger charge is 2.16. The molecule has 4 heteroatoms. The molecule has 0 atom stereocenters. The summed E-state index contributed by atoms with van der Waals surface area (Å²) in [6, 6.07) is 20.6. The van der Waals surface area contributed by atoms with Crippen LogP contribution in [-0.4, -0.2) is 4.57 Å². The zero-order valence-corrected chi connectivity index (χ0v) is 13.0. The van der Waals surface area contributed by atoms with Crippen molar-refractivity contribution in [2.24, 2.45) is 10.9 Å². The molecule has 1 heterocycles. The van der Waals surface area contributed by atoms with Gasteiger partial charge in [0.25, 0.3) is 0 Å². The van der Waals surface area contributed by atoms with Crippen LogP contribution in [0.5, 0.6) is 0 Å². The highest BCUT2D eigenvalue weighted by Crippen LogP contribution is 2.34. The summed E-state index contributed by atoms with van der Waals surface area (Å²) >= 11 is 1.60. The Hall–Kier alpha value is -2.59. The maximum absolute atomic E-state index is 5.60. The Labute approximate surface area is 133 Å². The molecule has 0 saturated heterocycles. The van der Waals surface area contributed by atoms with Crippen LogP contribution >= 0.6 is 11.3 Å². The van der Waals surface area contributed by atoms with Crippen LogP contribution in [0.1, 0.15) is 0 Å². The predicted molar refractivity (Wildman–Crippen MR) is 93.1 cm³/mol. The Morgan fingerprint density at radius 3 is 2.14 bits per heavy atom. The van der Waals surface area contributed by atoms with Gasteiger partial charge in [0.05, 0.1) is 10.6 Å². The van der Waals surface area contributed by atoms with Crippen molar-refractivity contribution in [2.45, 2.75) is 6.54 Å². The summed E-state index contributed by atoms with van der Waals surface area (Å²) < 4.78 is 2.11. The molecular formula is C18H17N3S. The first-order valence-corrected chi connectivity index (χ1v) is 7.86. The summed E-state index contributed by atoms with van der Waals surface area (Å²) in [7, 11) is 0. The maximum Gasteiger partial charge on any atom is 0.208 e. The van der Waals surface area contributed by atoms with Crippen molar-refractivity contribution in [1.29, 1.82) is 0 Å². The minimum absolute atomic E-state index is 0.670. The Morgan fingerprint density at radius 2 is 1.59 bits per heavy atom. The standard InChI is InChI=1S/C18H17N3S/c1-2-13-21-16(14-9-5-3-6-10-14)17(22-18(21)20-19)15-11-7-4-8-12-15/h2-12H,1,13,19H2/b20-18-. The third-order valence-electron chi connectivity index (χ3n) is 3.41. The number of aromatic nitrogens is 1. The van der Waals surface area contributed by atoms with Gasteiger partial charge in [-0.25, -0.2) is 0 Å². The molecule has 3 rings (SSSR count). The second-order valence-electron chi connectivity index (χ2n) is 4.82. The van der Waals surface area contributed by atoms with Crippen molar-refractivity contribution >= 4 is 11.3 Å². The average molecular weight is 307 g/mol.